The van der Waals surface area contributed by atoms with Crippen molar-refractivity contribution < 1.29 is 0 Å². The van der Waals surface area contributed by atoms with Gasteiger partial charge in [0, 0.05) is 41.0 Å². The van der Waals surface area contributed by atoms with Crippen LogP contribution in [0, 0.1) is 6.92 Å². The van der Waals surface area contributed by atoms with Gasteiger partial charge < -0.3 is 0 Å². The van der Waals surface area contributed by atoms with E-state index in [-0.39, 0.29) is 6.04 Å². The third-order valence-corrected chi connectivity index (χ3v) is 7.87. The molecule has 2 heterocycles. The Balaban J connectivity index is 2.18. The highest BCUT2D eigenvalue weighted by Gasteiger charge is 2.32. The molecule has 0 amide bonds. The molecule has 3 atom stereocenters. The number of aromatic nitrogens is 2. The van der Waals surface area contributed by atoms with Crippen LogP contribution in [-0.2, 0) is 13.0 Å². The van der Waals surface area contributed by atoms with Crippen LogP contribution < -0.4 is 11.3 Å². The van der Waals surface area contributed by atoms with Crippen molar-refractivity contribution in [1.82, 2.24) is 15.2 Å². The number of nitrogens with two attached hydrogens (primary N) is 1. The normalized spacial score (nSPS) is 24.2. The van der Waals surface area contributed by atoms with Crippen molar-refractivity contribution in [3.8, 4) is 0 Å². The lowest BCUT2D eigenvalue weighted by Gasteiger charge is -2.35. The first-order valence-electron chi connectivity index (χ1n) is 7.53. The second-order valence-electron chi connectivity index (χ2n) is 5.29. The van der Waals surface area contributed by atoms with Crippen molar-refractivity contribution in [2.45, 2.75) is 56.7 Å². The Labute approximate surface area is 140 Å². The summed E-state index contributed by atoms with van der Waals surface area (Å²) < 4.78 is 2.00. The average Bonchev–Trinajstić information content (AvgIpc) is 2.79. The quantitative estimate of drug-likeness (QED) is 0.611. The first-order valence-corrected chi connectivity index (χ1v) is 10.0. The third kappa shape index (κ3) is 3.91. The van der Waals surface area contributed by atoms with Gasteiger partial charge in [0.1, 0.15) is 0 Å². The molecule has 0 saturated carbocycles. The van der Waals surface area contributed by atoms with E-state index in [1.807, 2.05) is 23.4 Å². The number of thioether (sulfide) groups is 2. The number of hydrogen-bond donors (Lipinski definition) is 2. The zero-order valence-electron chi connectivity index (χ0n) is 12.9. The van der Waals surface area contributed by atoms with Crippen molar-refractivity contribution in [1.29, 1.82) is 0 Å². The summed E-state index contributed by atoms with van der Waals surface area (Å²) in [6.07, 6.45) is 2.01. The van der Waals surface area contributed by atoms with E-state index in [0.717, 1.165) is 29.4 Å². The second kappa shape index (κ2) is 8.11. The molecule has 3 unspecified atom stereocenters. The maximum Gasteiger partial charge on any atom is 0.0847 e. The summed E-state index contributed by atoms with van der Waals surface area (Å²) in [5.41, 5.74) is 5.05. The Hall–Kier alpha value is 0.120. The second-order valence-corrected chi connectivity index (χ2v) is 8.30. The van der Waals surface area contributed by atoms with E-state index in [1.165, 1.54) is 17.9 Å². The molecular weight excluding hydrogens is 324 g/mol. The van der Waals surface area contributed by atoms with Crippen molar-refractivity contribution in [2.24, 2.45) is 5.84 Å². The summed E-state index contributed by atoms with van der Waals surface area (Å²) in [6, 6.07) is 0.228. The molecule has 1 aromatic rings. The van der Waals surface area contributed by atoms with Gasteiger partial charge in [-0.15, -0.1) is 0 Å². The SMILES string of the molecule is CCC1SCCSC1C(Cc1c(Cl)c(C)nn1CC)NN. The lowest BCUT2D eigenvalue weighted by Crippen LogP contribution is -2.49. The lowest BCUT2D eigenvalue weighted by molar-refractivity contribution is 0.471. The van der Waals surface area contributed by atoms with Gasteiger partial charge in [-0.1, -0.05) is 18.5 Å². The number of aryl methyl sites for hydroxylation is 2. The summed E-state index contributed by atoms with van der Waals surface area (Å²) in [6.45, 7) is 7.15. The molecule has 1 aromatic heterocycles. The van der Waals surface area contributed by atoms with Gasteiger partial charge in [0.05, 0.1) is 16.4 Å². The molecular formula is C14H25ClN4S2. The molecule has 7 heteroatoms. The molecule has 0 bridgehead atoms. The monoisotopic (exact) mass is 348 g/mol. The Morgan fingerprint density at radius 3 is 2.76 bits per heavy atom. The fourth-order valence-corrected chi connectivity index (χ4v) is 6.31. The van der Waals surface area contributed by atoms with E-state index in [0.29, 0.717) is 10.5 Å². The number of nitrogens with zero attached hydrogens (tertiary/aromatic N) is 2. The zero-order chi connectivity index (χ0) is 15.4. The third-order valence-electron chi connectivity index (χ3n) is 3.97. The molecule has 4 nitrogen and oxygen atoms in total. The molecule has 0 radical (unpaired) electrons. The van der Waals surface area contributed by atoms with Crippen molar-refractivity contribution in [2.75, 3.05) is 11.5 Å². The molecule has 1 fully saturated rings. The smallest absolute Gasteiger partial charge is 0.0847 e. The molecule has 3 N–H and O–H groups in total. The van der Waals surface area contributed by atoms with Crippen LogP contribution in [0.4, 0.5) is 0 Å². The number of rotatable bonds is 6. The van der Waals surface area contributed by atoms with Crippen LogP contribution >= 0.6 is 35.1 Å². The highest BCUT2D eigenvalue weighted by molar-refractivity contribution is 8.07. The summed E-state index contributed by atoms with van der Waals surface area (Å²) in [5, 5.41) is 6.47. The summed E-state index contributed by atoms with van der Waals surface area (Å²) in [4.78, 5) is 0. The van der Waals surface area contributed by atoms with Crippen LogP contribution in [0.3, 0.4) is 0 Å². The van der Waals surface area contributed by atoms with Gasteiger partial charge in [0.15, 0.2) is 0 Å². The van der Waals surface area contributed by atoms with Gasteiger partial charge in [0.25, 0.3) is 0 Å². The topological polar surface area (TPSA) is 55.9 Å². The van der Waals surface area contributed by atoms with Crippen LogP contribution in [0.2, 0.25) is 5.02 Å². The van der Waals surface area contributed by atoms with E-state index in [9.17, 15) is 0 Å². The predicted octanol–water partition coefficient (Wildman–Crippen LogP) is 2.87. The van der Waals surface area contributed by atoms with Crippen LogP contribution in [0.1, 0.15) is 31.7 Å². The van der Waals surface area contributed by atoms with Gasteiger partial charge in [-0.05, 0) is 20.3 Å². The Morgan fingerprint density at radius 2 is 2.14 bits per heavy atom. The average molecular weight is 349 g/mol. The largest absolute Gasteiger partial charge is 0.271 e. The number of nitrogens with one attached hydrogen (secondary N) is 1. The fourth-order valence-electron chi connectivity index (χ4n) is 2.85. The minimum Gasteiger partial charge on any atom is -0.271 e. The van der Waals surface area contributed by atoms with Crippen molar-refractivity contribution in [3.63, 3.8) is 0 Å². The van der Waals surface area contributed by atoms with Crippen LogP contribution in [-0.4, -0.2) is 37.8 Å². The Kier molecular flexibility index (Phi) is 6.75. The van der Waals surface area contributed by atoms with Gasteiger partial charge >= 0.3 is 0 Å². The van der Waals surface area contributed by atoms with E-state index in [4.69, 9.17) is 17.4 Å². The lowest BCUT2D eigenvalue weighted by atomic mass is 10.0. The molecule has 21 heavy (non-hydrogen) atoms. The molecule has 1 saturated heterocycles. The summed E-state index contributed by atoms with van der Waals surface area (Å²) >= 11 is 10.5. The minimum atomic E-state index is 0.228. The number of hydrazine groups is 1. The Morgan fingerprint density at radius 1 is 1.43 bits per heavy atom. The molecule has 2 rings (SSSR count). The molecule has 0 aromatic carbocycles. The first-order chi connectivity index (χ1) is 10.1. The van der Waals surface area contributed by atoms with Crippen LogP contribution in [0.15, 0.2) is 0 Å². The van der Waals surface area contributed by atoms with Crippen molar-refractivity contribution >= 4 is 35.1 Å². The number of halogens is 1. The first kappa shape index (κ1) is 17.5. The van der Waals surface area contributed by atoms with Crippen LogP contribution in [0.5, 0.6) is 0 Å². The molecule has 0 aliphatic carbocycles. The maximum atomic E-state index is 6.44. The predicted molar refractivity (Wildman–Crippen MR) is 95.2 cm³/mol. The summed E-state index contributed by atoms with van der Waals surface area (Å²) in [5.74, 6) is 8.31. The molecule has 1 aliphatic rings. The van der Waals surface area contributed by atoms with E-state index in [2.05, 4.69) is 36.1 Å². The molecule has 1 aliphatic heterocycles. The molecule has 120 valence electrons. The van der Waals surface area contributed by atoms with Gasteiger partial charge in [0.2, 0.25) is 0 Å². The van der Waals surface area contributed by atoms with Crippen LogP contribution in [0.25, 0.3) is 0 Å². The minimum absolute atomic E-state index is 0.228. The molecule has 0 spiro atoms. The standard InChI is InChI=1S/C14H25ClN4S2/c1-4-12-14(21-7-6-20-12)10(17-16)8-11-13(15)9(3)18-19(11)5-2/h10,12,14,17H,4-8,16H2,1-3H3. The van der Waals surface area contributed by atoms with Gasteiger partial charge in [-0.2, -0.15) is 28.6 Å². The van der Waals surface area contributed by atoms with Gasteiger partial charge in [-0.3, -0.25) is 16.0 Å². The highest BCUT2D eigenvalue weighted by Crippen LogP contribution is 2.36. The Bertz CT molecular complexity index is 466. The van der Waals surface area contributed by atoms with E-state index in [1.54, 1.807) is 0 Å². The zero-order valence-corrected chi connectivity index (χ0v) is 15.3. The highest BCUT2D eigenvalue weighted by atomic mass is 35.5. The van der Waals surface area contributed by atoms with Gasteiger partial charge in [-0.25, -0.2) is 0 Å². The summed E-state index contributed by atoms with van der Waals surface area (Å²) in [7, 11) is 0. The van der Waals surface area contributed by atoms with E-state index >= 15 is 0 Å². The van der Waals surface area contributed by atoms with Crippen molar-refractivity contribution in [3.05, 3.63) is 16.4 Å². The maximum absolute atomic E-state index is 6.44. The fraction of sp³-hybridized carbons (Fsp3) is 0.786. The number of hydrogen-bond acceptors (Lipinski definition) is 5. The van der Waals surface area contributed by atoms with E-state index < -0.39 is 0 Å².